The largest absolute Gasteiger partial charge is 0.472 e. The van der Waals surface area contributed by atoms with Crippen molar-refractivity contribution in [3.8, 4) is 0 Å². The van der Waals surface area contributed by atoms with Gasteiger partial charge in [-0.05, 0) is 57.8 Å². The van der Waals surface area contributed by atoms with Crippen LogP contribution in [0.3, 0.4) is 0 Å². The summed E-state index contributed by atoms with van der Waals surface area (Å²) in [6, 6.07) is -0.866. The van der Waals surface area contributed by atoms with Crippen LogP contribution in [0.1, 0.15) is 245 Å². The van der Waals surface area contributed by atoms with Crippen LogP contribution in [0.4, 0.5) is 0 Å². The minimum Gasteiger partial charge on any atom is -0.387 e. The molecule has 0 fully saturated rings. The van der Waals surface area contributed by atoms with E-state index in [0.29, 0.717) is 17.4 Å². The summed E-state index contributed by atoms with van der Waals surface area (Å²) in [5.41, 5.74) is 0. The number of rotatable bonds is 48. The van der Waals surface area contributed by atoms with Crippen molar-refractivity contribution in [3.63, 3.8) is 0 Å². The lowest BCUT2D eigenvalue weighted by Gasteiger charge is -2.25. The Bertz CT molecular complexity index is 1110. The molecule has 3 unspecified atom stereocenters. The zero-order valence-corrected chi connectivity index (χ0v) is 42.5. The van der Waals surface area contributed by atoms with Gasteiger partial charge < -0.3 is 19.8 Å². The van der Waals surface area contributed by atoms with E-state index in [-0.39, 0.29) is 19.1 Å². The zero-order chi connectivity index (χ0) is 45.7. The van der Waals surface area contributed by atoms with Gasteiger partial charge in [0.05, 0.1) is 39.9 Å². The van der Waals surface area contributed by atoms with Gasteiger partial charge in [-0.15, -0.1) is 0 Å². The second-order valence-electron chi connectivity index (χ2n) is 19.2. The normalized spacial score (nSPS) is 14.4. The summed E-state index contributed by atoms with van der Waals surface area (Å²) in [5.74, 6) is -0.195. The standard InChI is InChI=1S/C53H103N2O6P/c1-6-8-10-12-14-16-18-20-21-22-23-24-25-26-27-28-29-30-31-32-33-35-36-38-40-42-44-46-52(56)51(50-61-62(58,59)60-49-48-55(3,4)5)54-53(57)47-45-43-41-39-37-34-19-17-15-13-11-9-7-2/h17,19,36,38,44,46,51-52,56H,6-16,18,20-35,37,39-43,45,47-50H2,1-5H3,(H-,54,57,58,59)/p+1/b19-17-,38-36+,46-44+. The maximum Gasteiger partial charge on any atom is 0.472 e. The molecular weight excluding hydrogens is 792 g/mol. The molecule has 0 saturated heterocycles. The molecule has 62 heavy (non-hydrogen) atoms. The molecule has 0 radical (unpaired) electrons. The minimum atomic E-state index is -4.35. The van der Waals surface area contributed by atoms with Crippen molar-refractivity contribution in [1.82, 2.24) is 5.32 Å². The van der Waals surface area contributed by atoms with Gasteiger partial charge in [0.2, 0.25) is 5.91 Å². The third kappa shape index (κ3) is 46.7. The first-order valence-corrected chi connectivity index (χ1v) is 27.9. The Morgan fingerprint density at radius 2 is 0.887 bits per heavy atom. The average molecular weight is 896 g/mol. The monoisotopic (exact) mass is 896 g/mol. The number of hydrogen-bond acceptors (Lipinski definition) is 5. The molecule has 366 valence electrons. The molecule has 0 saturated carbocycles. The number of phosphoric acid groups is 1. The molecule has 0 aliphatic rings. The summed E-state index contributed by atoms with van der Waals surface area (Å²) in [6.07, 6.45) is 56.8. The topological polar surface area (TPSA) is 105 Å². The second-order valence-corrected chi connectivity index (χ2v) is 20.7. The Hall–Kier alpha value is -1.28. The molecular formula is C53H104N2O6P+. The van der Waals surface area contributed by atoms with Crippen molar-refractivity contribution in [2.24, 2.45) is 0 Å². The van der Waals surface area contributed by atoms with E-state index in [0.717, 1.165) is 51.4 Å². The molecule has 0 aliphatic carbocycles. The van der Waals surface area contributed by atoms with E-state index in [9.17, 15) is 19.4 Å². The lowest BCUT2D eigenvalue weighted by molar-refractivity contribution is -0.870. The number of likely N-dealkylation sites (N-methyl/N-ethyl adjacent to an activating group) is 1. The van der Waals surface area contributed by atoms with Crippen LogP contribution < -0.4 is 5.32 Å². The summed E-state index contributed by atoms with van der Waals surface area (Å²) in [5, 5.41) is 13.8. The van der Waals surface area contributed by atoms with Crippen LogP contribution in [0.5, 0.6) is 0 Å². The number of nitrogens with one attached hydrogen (secondary N) is 1. The van der Waals surface area contributed by atoms with E-state index in [4.69, 9.17) is 9.05 Å². The number of hydrogen-bond donors (Lipinski definition) is 3. The molecule has 1 amide bonds. The van der Waals surface area contributed by atoms with Crippen LogP contribution in [0, 0.1) is 0 Å². The average Bonchev–Trinajstić information content (AvgIpc) is 3.23. The first kappa shape index (κ1) is 60.7. The Balaban J connectivity index is 4.24. The molecule has 8 nitrogen and oxygen atoms in total. The molecule has 0 heterocycles. The van der Waals surface area contributed by atoms with Gasteiger partial charge in [-0.2, -0.15) is 0 Å². The highest BCUT2D eigenvalue weighted by Crippen LogP contribution is 2.43. The molecule has 0 rings (SSSR count). The first-order chi connectivity index (χ1) is 30.0. The summed E-state index contributed by atoms with van der Waals surface area (Å²) < 4.78 is 23.6. The van der Waals surface area contributed by atoms with Crippen molar-refractivity contribution in [1.29, 1.82) is 0 Å². The fourth-order valence-corrected chi connectivity index (χ4v) is 8.38. The van der Waals surface area contributed by atoms with Gasteiger partial charge in [-0.3, -0.25) is 13.8 Å². The number of unbranched alkanes of at least 4 members (excludes halogenated alkanes) is 31. The quantitative estimate of drug-likeness (QED) is 0.0243. The van der Waals surface area contributed by atoms with Crippen LogP contribution in [-0.2, 0) is 18.4 Å². The third-order valence-corrected chi connectivity index (χ3v) is 12.8. The van der Waals surface area contributed by atoms with E-state index in [1.54, 1.807) is 6.08 Å². The Kier molecular flexibility index (Phi) is 44.0. The fraction of sp³-hybridized carbons (Fsp3) is 0.868. The van der Waals surface area contributed by atoms with Gasteiger partial charge in [0, 0.05) is 6.42 Å². The zero-order valence-electron chi connectivity index (χ0n) is 41.6. The molecule has 0 aliphatic heterocycles. The highest BCUT2D eigenvalue weighted by Gasteiger charge is 2.27. The highest BCUT2D eigenvalue weighted by molar-refractivity contribution is 7.47. The van der Waals surface area contributed by atoms with E-state index in [1.165, 1.54) is 173 Å². The smallest absolute Gasteiger partial charge is 0.387 e. The molecule has 3 atom stereocenters. The number of nitrogens with zero attached hydrogens (tertiary/aromatic N) is 1. The lowest BCUT2D eigenvalue weighted by Crippen LogP contribution is -2.45. The molecule has 9 heteroatoms. The number of allylic oxidation sites excluding steroid dienone is 5. The second kappa shape index (κ2) is 44.9. The maximum atomic E-state index is 12.9. The Morgan fingerprint density at radius 3 is 1.31 bits per heavy atom. The molecule has 3 N–H and O–H groups in total. The van der Waals surface area contributed by atoms with Gasteiger partial charge in [0.15, 0.2) is 0 Å². The summed E-state index contributed by atoms with van der Waals surface area (Å²) in [7, 11) is 1.55. The first-order valence-electron chi connectivity index (χ1n) is 26.4. The summed E-state index contributed by atoms with van der Waals surface area (Å²) in [6.45, 7) is 4.79. The van der Waals surface area contributed by atoms with Gasteiger partial charge in [-0.1, -0.05) is 217 Å². The van der Waals surface area contributed by atoms with Crippen LogP contribution in [0.15, 0.2) is 36.5 Å². The van der Waals surface area contributed by atoms with Gasteiger partial charge in [0.25, 0.3) is 0 Å². The Morgan fingerprint density at radius 1 is 0.532 bits per heavy atom. The van der Waals surface area contributed by atoms with Crippen LogP contribution >= 0.6 is 7.82 Å². The minimum absolute atomic E-state index is 0.0548. The number of aliphatic hydroxyl groups is 1. The van der Waals surface area contributed by atoms with Crippen LogP contribution in [-0.4, -0.2) is 73.4 Å². The van der Waals surface area contributed by atoms with Crippen molar-refractivity contribution in [2.75, 3.05) is 40.9 Å². The van der Waals surface area contributed by atoms with Gasteiger partial charge in [-0.25, -0.2) is 4.57 Å². The maximum absolute atomic E-state index is 12.9. The summed E-state index contributed by atoms with van der Waals surface area (Å²) in [4.78, 5) is 23.2. The van der Waals surface area contributed by atoms with Gasteiger partial charge >= 0.3 is 7.82 Å². The predicted octanol–water partition coefficient (Wildman–Crippen LogP) is 15.4. The number of carbonyl (C=O) groups is 1. The van der Waals surface area contributed by atoms with E-state index in [2.05, 4.69) is 43.5 Å². The van der Waals surface area contributed by atoms with Crippen molar-refractivity contribution in [3.05, 3.63) is 36.5 Å². The van der Waals surface area contributed by atoms with Crippen LogP contribution in [0.25, 0.3) is 0 Å². The van der Waals surface area contributed by atoms with E-state index >= 15 is 0 Å². The number of amides is 1. The highest BCUT2D eigenvalue weighted by atomic mass is 31.2. The SMILES string of the molecule is CCCCCC/C=C\CCCCCCCC(=O)NC(COP(=O)(O)OCC[N+](C)(C)C)C(O)/C=C/CC/C=C/CCCCCCCCCCCCCCCCCCCCCCC. The van der Waals surface area contributed by atoms with Crippen LogP contribution in [0.2, 0.25) is 0 Å². The molecule has 0 aromatic carbocycles. The molecule has 0 aromatic heterocycles. The lowest BCUT2D eigenvalue weighted by atomic mass is 10.0. The number of quaternary nitrogens is 1. The Labute approximate surface area is 385 Å². The number of phosphoric ester groups is 1. The van der Waals surface area contributed by atoms with Crippen molar-refractivity contribution < 1.29 is 32.9 Å². The third-order valence-electron chi connectivity index (χ3n) is 11.8. The molecule has 0 aromatic rings. The number of aliphatic hydroxyl groups excluding tert-OH is 1. The molecule has 0 spiro atoms. The van der Waals surface area contributed by atoms with Gasteiger partial charge in [0.1, 0.15) is 13.2 Å². The predicted molar refractivity (Wildman–Crippen MR) is 268 cm³/mol. The molecule has 0 bridgehead atoms. The van der Waals surface area contributed by atoms with E-state index < -0.39 is 20.0 Å². The van der Waals surface area contributed by atoms with E-state index in [1.807, 2.05) is 27.2 Å². The number of carbonyl (C=O) groups excluding carboxylic acids is 1. The van der Waals surface area contributed by atoms with Crippen molar-refractivity contribution in [2.45, 2.75) is 257 Å². The van der Waals surface area contributed by atoms with Crippen molar-refractivity contribution >= 4 is 13.7 Å². The summed E-state index contributed by atoms with van der Waals surface area (Å²) >= 11 is 0. The fourth-order valence-electron chi connectivity index (χ4n) is 7.64.